The number of hydrogen-bond donors (Lipinski definition) is 3. The highest BCUT2D eigenvalue weighted by Crippen LogP contribution is 2.19. The summed E-state index contributed by atoms with van der Waals surface area (Å²) in [5.74, 6) is 0. The van der Waals surface area contributed by atoms with E-state index >= 15 is 0 Å². The molecule has 1 saturated heterocycles. The maximum Gasteiger partial charge on any atom is 0.114 e. The van der Waals surface area contributed by atoms with Crippen molar-refractivity contribution in [3.8, 4) is 0 Å². The second-order valence-electron chi connectivity index (χ2n) is 6.65. The van der Waals surface area contributed by atoms with Crippen LogP contribution in [-0.4, -0.2) is 59.6 Å². The Kier molecular flexibility index (Phi) is 12.4. The summed E-state index contributed by atoms with van der Waals surface area (Å²) in [6.45, 7) is 2.47. The Morgan fingerprint density at radius 3 is 2.29 bits per heavy atom. The van der Waals surface area contributed by atoms with Crippen molar-refractivity contribution >= 4 is 0 Å². The third kappa shape index (κ3) is 8.58. The van der Waals surface area contributed by atoms with Crippen LogP contribution in [-0.2, 0) is 9.47 Å². The van der Waals surface area contributed by atoms with Crippen LogP contribution in [0.1, 0.15) is 64.7 Å². The standard InChI is InChI=1S/C19H36O5/c1-2-3-4-5-6-7-8-9-10-11-12-13-23-17(14-20)19-18(22)16(21)15-24-19/h11-12,16-22H,2-10,13-15H2,1H3/b12-11+/t16-,17+,18+,19+/m1/s1. The topological polar surface area (TPSA) is 79.2 Å². The first-order valence-corrected chi connectivity index (χ1v) is 9.55. The van der Waals surface area contributed by atoms with Gasteiger partial charge in [-0.15, -0.1) is 0 Å². The van der Waals surface area contributed by atoms with Gasteiger partial charge < -0.3 is 24.8 Å². The molecule has 0 amide bonds. The van der Waals surface area contributed by atoms with Crippen LogP contribution in [0.4, 0.5) is 0 Å². The summed E-state index contributed by atoms with van der Waals surface area (Å²) >= 11 is 0. The number of aliphatic hydroxyl groups excluding tert-OH is 3. The van der Waals surface area contributed by atoms with Gasteiger partial charge in [-0.05, 0) is 12.8 Å². The molecule has 1 fully saturated rings. The van der Waals surface area contributed by atoms with Crippen LogP contribution in [0.15, 0.2) is 12.2 Å². The van der Waals surface area contributed by atoms with E-state index in [4.69, 9.17) is 9.47 Å². The first-order valence-electron chi connectivity index (χ1n) is 9.55. The Hall–Kier alpha value is -0.460. The molecule has 0 aromatic heterocycles. The van der Waals surface area contributed by atoms with E-state index in [0.717, 1.165) is 6.42 Å². The van der Waals surface area contributed by atoms with Gasteiger partial charge in [-0.2, -0.15) is 0 Å². The summed E-state index contributed by atoms with van der Waals surface area (Å²) in [6, 6.07) is 0. The maximum atomic E-state index is 9.77. The van der Waals surface area contributed by atoms with Crippen molar-refractivity contribution in [1.29, 1.82) is 0 Å². The number of aliphatic hydroxyl groups is 3. The molecule has 1 aliphatic rings. The molecule has 0 bridgehead atoms. The number of rotatable bonds is 14. The molecule has 0 spiro atoms. The molecule has 5 nitrogen and oxygen atoms in total. The molecule has 1 rings (SSSR count). The lowest BCUT2D eigenvalue weighted by Gasteiger charge is -2.23. The van der Waals surface area contributed by atoms with E-state index < -0.39 is 24.4 Å². The van der Waals surface area contributed by atoms with E-state index in [1.54, 1.807) is 0 Å². The normalized spacial score (nSPS) is 25.6. The molecule has 0 saturated carbocycles. The summed E-state index contributed by atoms with van der Waals surface area (Å²) in [4.78, 5) is 0. The molecule has 5 heteroatoms. The fraction of sp³-hybridized carbons (Fsp3) is 0.895. The van der Waals surface area contributed by atoms with Crippen LogP contribution in [0.3, 0.4) is 0 Å². The highest BCUT2D eigenvalue weighted by atomic mass is 16.6. The van der Waals surface area contributed by atoms with Gasteiger partial charge in [-0.1, -0.05) is 64.0 Å². The predicted octanol–water partition coefficient (Wildman–Crippen LogP) is 2.57. The van der Waals surface area contributed by atoms with E-state index in [1.165, 1.54) is 51.4 Å². The predicted molar refractivity (Wildman–Crippen MR) is 94.9 cm³/mol. The number of ether oxygens (including phenoxy) is 2. The van der Waals surface area contributed by atoms with Crippen molar-refractivity contribution in [2.45, 2.75) is 89.1 Å². The van der Waals surface area contributed by atoms with Gasteiger partial charge in [-0.3, -0.25) is 0 Å². The van der Waals surface area contributed by atoms with E-state index in [-0.39, 0.29) is 13.2 Å². The van der Waals surface area contributed by atoms with Gasteiger partial charge in [0.05, 0.1) is 19.8 Å². The zero-order chi connectivity index (χ0) is 17.6. The van der Waals surface area contributed by atoms with E-state index in [0.29, 0.717) is 6.61 Å². The quantitative estimate of drug-likeness (QED) is 0.333. The van der Waals surface area contributed by atoms with Crippen molar-refractivity contribution in [2.75, 3.05) is 19.8 Å². The second kappa shape index (κ2) is 13.8. The molecule has 1 aliphatic heterocycles. The Bertz CT molecular complexity index is 321. The average molecular weight is 344 g/mol. The minimum absolute atomic E-state index is 0.0833. The lowest BCUT2D eigenvalue weighted by Crippen LogP contribution is -2.42. The summed E-state index contributed by atoms with van der Waals surface area (Å²) in [7, 11) is 0. The third-order valence-corrected chi connectivity index (χ3v) is 4.53. The first-order chi connectivity index (χ1) is 11.7. The molecule has 24 heavy (non-hydrogen) atoms. The van der Waals surface area contributed by atoms with Crippen molar-refractivity contribution in [2.24, 2.45) is 0 Å². The molecule has 0 radical (unpaired) electrons. The van der Waals surface area contributed by atoms with Crippen LogP contribution in [0.25, 0.3) is 0 Å². The van der Waals surface area contributed by atoms with Gasteiger partial charge in [0, 0.05) is 0 Å². The van der Waals surface area contributed by atoms with Crippen LogP contribution in [0.2, 0.25) is 0 Å². The fourth-order valence-corrected chi connectivity index (χ4v) is 2.97. The molecule has 4 atom stereocenters. The Balaban J connectivity index is 2.00. The molecule has 0 aliphatic carbocycles. The first kappa shape index (κ1) is 21.6. The minimum Gasteiger partial charge on any atom is -0.394 e. The van der Waals surface area contributed by atoms with E-state index in [9.17, 15) is 15.3 Å². The van der Waals surface area contributed by atoms with Gasteiger partial charge in [0.25, 0.3) is 0 Å². The number of hydrogen-bond acceptors (Lipinski definition) is 5. The van der Waals surface area contributed by atoms with Gasteiger partial charge in [-0.25, -0.2) is 0 Å². The minimum atomic E-state index is -0.997. The van der Waals surface area contributed by atoms with E-state index in [1.807, 2.05) is 6.08 Å². The molecule has 0 aromatic rings. The lowest BCUT2D eigenvalue weighted by atomic mass is 10.1. The zero-order valence-corrected chi connectivity index (χ0v) is 15.1. The van der Waals surface area contributed by atoms with Gasteiger partial charge in [0.2, 0.25) is 0 Å². The largest absolute Gasteiger partial charge is 0.394 e. The number of allylic oxidation sites excluding steroid dienone is 1. The maximum absolute atomic E-state index is 9.77. The monoisotopic (exact) mass is 344 g/mol. The Morgan fingerprint density at radius 1 is 1.04 bits per heavy atom. The smallest absolute Gasteiger partial charge is 0.114 e. The molecule has 1 heterocycles. The zero-order valence-electron chi connectivity index (χ0n) is 15.1. The lowest BCUT2D eigenvalue weighted by molar-refractivity contribution is -0.0942. The Morgan fingerprint density at radius 2 is 1.71 bits per heavy atom. The third-order valence-electron chi connectivity index (χ3n) is 4.53. The Labute approximate surface area is 146 Å². The SMILES string of the molecule is CCCCCCCCCC/C=C/CO[C@@H](CO)[C@@H]1OC[C@@H](O)[C@@H]1O. The van der Waals surface area contributed by atoms with Gasteiger partial charge in [0.15, 0.2) is 0 Å². The molecule has 0 aromatic carbocycles. The average Bonchev–Trinajstić information content (AvgIpc) is 2.92. The van der Waals surface area contributed by atoms with Crippen molar-refractivity contribution < 1.29 is 24.8 Å². The van der Waals surface area contributed by atoms with Crippen molar-refractivity contribution in [1.82, 2.24) is 0 Å². The molecular formula is C19H36O5. The van der Waals surface area contributed by atoms with Gasteiger partial charge >= 0.3 is 0 Å². The second-order valence-corrected chi connectivity index (χ2v) is 6.65. The van der Waals surface area contributed by atoms with Crippen LogP contribution in [0, 0.1) is 0 Å². The van der Waals surface area contributed by atoms with Crippen LogP contribution in [0.5, 0.6) is 0 Å². The van der Waals surface area contributed by atoms with Crippen molar-refractivity contribution in [3.05, 3.63) is 12.2 Å². The molecular weight excluding hydrogens is 308 g/mol. The highest BCUT2D eigenvalue weighted by molar-refractivity contribution is 4.89. The van der Waals surface area contributed by atoms with Crippen molar-refractivity contribution in [3.63, 3.8) is 0 Å². The fourth-order valence-electron chi connectivity index (χ4n) is 2.97. The highest BCUT2D eigenvalue weighted by Gasteiger charge is 2.40. The summed E-state index contributed by atoms with van der Waals surface area (Å²) in [5.41, 5.74) is 0. The van der Waals surface area contributed by atoms with E-state index in [2.05, 4.69) is 13.0 Å². The van der Waals surface area contributed by atoms with Crippen LogP contribution >= 0.6 is 0 Å². The summed E-state index contributed by atoms with van der Waals surface area (Å²) in [6.07, 6.45) is 12.5. The van der Waals surface area contributed by atoms with Gasteiger partial charge in [0.1, 0.15) is 24.4 Å². The summed E-state index contributed by atoms with van der Waals surface area (Å²) in [5, 5.41) is 28.6. The number of unbranched alkanes of at least 4 members (excludes halogenated alkanes) is 8. The molecule has 142 valence electrons. The molecule has 3 N–H and O–H groups in total. The van der Waals surface area contributed by atoms with Crippen LogP contribution < -0.4 is 0 Å². The summed E-state index contributed by atoms with van der Waals surface area (Å²) < 4.78 is 10.8. The molecule has 0 unspecified atom stereocenters.